The van der Waals surface area contributed by atoms with Gasteiger partial charge in [0.1, 0.15) is 0 Å². The minimum absolute atomic E-state index is 0.819. The van der Waals surface area contributed by atoms with Gasteiger partial charge >= 0.3 is 0 Å². The van der Waals surface area contributed by atoms with Crippen LogP contribution in [0.1, 0.15) is 31.2 Å². The Morgan fingerprint density at radius 3 is 3.07 bits per heavy atom. The molecule has 0 radical (unpaired) electrons. The van der Waals surface area contributed by atoms with Crippen LogP contribution >= 0.6 is 0 Å². The van der Waals surface area contributed by atoms with Gasteiger partial charge in [-0.3, -0.25) is 4.98 Å². The lowest BCUT2D eigenvalue weighted by Crippen LogP contribution is -1.84. The summed E-state index contributed by atoms with van der Waals surface area (Å²) in [5.74, 6) is 1.75. The molecule has 0 N–H and O–H groups in total. The molecule has 1 heterocycles. The summed E-state index contributed by atoms with van der Waals surface area (Å²) in [5, 5.41) is 1.27. The van der Waals surface area contributed by atoms with E-state index in [1.807, 2.05) is 12.3 Å². The van der Waals surface area contributed by atoms with Crippen molar-refractivity contribution in [2.24, 2.45) is 5.92 Å². The topological polar surface area (TPSA) is 12.9 Å². The molecule has 2 aromatic rings. The lowest BCUT2D eigenvalue weighted by Gasteiger charge is -2.01. The van der Waals surface area contributed by atoms with Crippen LogP contribution in [0, 0.1) is 5.92 Å². The fraction of sp³-hybridized carbons (Fsp3) is 0.357. The molecule has 1 aliphatic rings. The second-order valence-corrected chi connectivity index (χ2v) is 4.47. The van der Waals surface area contributed by atoms with Crippen molar-refractivity contribution in [1.82, 2.24) is 4.98 Å². The maximum atomic E-state index is 4.34. The zero-order valence-corrected chi connectivity index (χ0v) is 8.98. The van der Waals surface area contributed by atoms with E-state index < -0.39 is 0 Å². The number of hydrogen-bond donors (Lipinski definition) is 0. The summed E-state index contributed by atoms with van der Waals surface area (Å²) < 4.78 is 0. The van der Waals surface area contributed by atoms with Gasteiger partial charge in [-0.05, 0) is 42.0 Å². The fourth-order valence-electron chi connectivity index (χ4n) is 2.43. The number of hydrogen-bond acceptors (Lipinski definition) is 1. The van der Waals surface area contributed by atoms with E-state index >= 15 is 0 Å². The van der Waals surface area contributed by atoms with Crippen molar-refractivity contribution in [3.63, 3.8) is 0 Å². The molecule has 0 unspecified atom stereocenters. The van der Waals surface area contributed by atoms with Crippen molar-refractivity contribution in [1.29, 1.82) is 0 Å². The number of nitrogens with zero attached hydrogens (tertiary/aromatic N) is 1. The highest BCUT2D eigenvalue weighted by Crippen LogP contribution is 2.49. The van der Waals surface area contributed by atoms with Gasteiger partial charge in [-0.25, -0.2) is 0 Å². The summed E-state index contributed by atoms with van der Waals surface area (Å²) >= 11 is 0. The monoisotopic (exact) mass is 197 g/mol. The van der Waals surface area contributed by atoms with Gasteiger partial charge in [0, 0.05) is 11.6 Å². The Hall–Kier alpha value is -1.37. The van der Waals surface area contributed by atoms with Crippen molar-refractivity contribution in [2.75, 3.05) is 0 Å². The predicted molar refractivity (Wildman–Crippen MR) is 62.9 cm³/mol. The van der Waals surface area contributed by atoms with Crippen LogP contribution in [0.15, 0.2) is 36.5 Å². The van der Waals surface area contributed by atoms with Gasteiger partial charge in [0.05, 0.1) is 5.52 Å². The third-order valence-corrected chi connectivity index (χ3v) is 3.50. The largest absolute Gasteiger partial charge is 0.256 e. The molecule has 76 valence electrons. The standard InChI is InChI=1S/C14H15N/c1-2-10-9-13(10)11-5-6-14-12(8-11)4-3-7-15-14/h3-8,10,13H,2,9H2,1H3/t10-,13-/m0/s1. The molecule has 1 aromatic heterocycles. The molecule has 1 saturated carbocycles. The van der Waals surface area contributed by atoms with Crippen LogP contribution in [0.3, 0.4) is 0 Å². The van der Waals surface area contributed by atoms with Crippen LogP contribution in [-0.2, 0) is 0 Å². The van der Waals surface area contributed by atoms with Crippen LogP contribution in [0.25, 0.3) is 10.9 Å². The zero-order valence-electron chi connectivity index (χ0n) is 8.98. The Labute approximate surface area is 90.2 Å². The van der Waals surface area contributed by atoms with E-state index in [-0.39, 0.29) is 0 Å². The van der Waals surface area contributed by atoms with Gasteiger partial charge in [-0.15, -0.1) is 0 Å². The zero-order chi connectivity index (χ0) is 10.3. The van der Waals surface area contributed by atoms with Crippen LogP contribution in [0.2, 0.25) is 0 Å². The van der Waals surface area contributed by atoms with Gasteiger partial charge < -0.3 is 0 Å². The van der Waals surface area contributed by atoms with Crippen molar-refractivity contribution in [3.05, 3.63) is 42.1 Å². The molecule has 0 aliphatic heterocycles. The Morgan fingerprint density at radius 1 is 1.33 bits per heavy atom. The molecule has 0 saturated heterocycles. The van der Waals surface area contributed by atoms with Crippen LogP contribution in [-0.4, -0.2) is 4.98 Å². The van der Waals surface area contributed by atoms with Crippen LogP contribution in [0.4, 0.5) is 0 Å². The van der Waals surface area contributed by atoms with Crippen molar-refractivity contribution < 1.29 is 0 Å². The molecule has 0 spiro atoms. The average Bonchev–Trinajstić information content (AvgIpc) is 3.08. The molecular weight excluding hydrogens is 182 g/mol. The SMILES string of the molecule is CC[C@H]1C[C@@H]1c1ccc2ncccc2c1. The predicted octanol–water partition coefficient (Wildman–Crippen LogP) is 3.75. The molecule has 1 aliphatic carbocycles. The quantitative estimate of drug-likeness (QED) is 0.714. The molecule has 1 fully saturated rings. The second-order valence-electron chi connectivity index (χ2n) is 4.47. The third kappa shape index (κ3) is 1.52. The first-order valence-electron chi connectivity index (χ1n) is 5.73. The van der Waals surface area contributed by atoms with Gasteiger partial charge in [0.25, 0.3) is 0 Å². The minimum atomic E-state index is 0.819. The average molecular weight is 197 g/mol. The van der Waals surface area contributed by atoms with Gasteiger partial charge in [-0.1, -0.05) is 25.5 Å². The van der Waals surface area contributed by atoms with E-state index in [9.17, 15) is 0 Å². The normalized spacial score (nSPS) is 24.3. The lowest BCUT2D eigenvalue weighted by atomic mass is 10.1. The summed E-state index contributed by atoms with van der Waals surface area (Å²) in [6, 6.07) is 10.9. The molecule has 1 aromatic carbocycles. The maximum Gasteiger partial charge on any atom is 0.0702 e. The molecule has 0 amide bonds. The first-order valence-corrected chi connectivity index (χ1v) is 5.73. The third-order valence-electron chi connectivity index (χ3n) is 3.50. The number of aromatic nitrogens is 1. The highest BCUT2D eigenvalue weighted by molar-refractivity contribution is 5.79. The van der Waals surface area contributed by atoms with Crippen LogP contribution < -0.4 is 0 Å². The summed E-state index contributed by atoms with van der Waals surface area (Å²) in [6.07, 6.45) is 4.55. The summed E-state index contributed by atoms with van der Waals surface area (Å²) in [4.78, 5) is 4.34. The van der Waals surface area contributed by atoms with E-state index in [1.54, 1.807) is 0 Å². The lowest BCUT2D eigenvalue weighted by molar-refractivity contribution is 0.766. The molecule has 1 nitrogen and oxygen atoms in total. The van der Waals surface area contributed by atoms with Crippen molar-refractivity contribution >= 4 is 10.9 Å². The molecule has 2 atom stereocenters. The summed E-state index contributed by atoms with van der Waals surface area (Å²) in [5.41, 5.74) is 2.61. The van der Waals surface area contributed by atoms with Gasteiger partial charge in [0.15, 0.2) is 0 Å². The molecule has 15 heavy (non-hydrogen) atoms. The van der Waals surface area contributed by atoms with E-state index in [2.05, 4.69) is 36.2 Å². The number of fused-ring (bicyclic) bond motifs is 1. The Bertz CT molecular complexity index is 489. The minimum Gasteiger partial charge on any atom is -0.256 e. The van der Waals surface area contributed by atoms with E-state index in [1.165, 1.54) is 23.8 Å². The highest BCUT2D eigenvalue weighted by Gasteiger charge is 2.36. The molecule has 1 heteroatoms. The molecule has 3 rings (SSSR count). The molecule has 0 bridgehead atoms. The van der Waals surface area contributed by atoms with Crippen LogP contribution in [0.5, 0.6) is 0 Å². The first kappa shape index (κ1) is 8.90. The number of rotatable bonds is 2. The number of benzene rings is 1. The summed E-state index contributed by atoms with van der Waals surface area (Å²) in [6.45, 7) is 2.28. The van der Waals surface area contributed by atoms with E-state index in [4.69, 9.17) is 0 Å². The number of pyridine rings is 1. The fourth-order valence-corrected chi connectivity index (χ4v) is 2.43. The van der Waals surface area contributed by atoms with E-state index in [0.29, 0.717) is 0 Å². The van der Waals surface area contributed by atoms with Gasteiger partial charge in [0.2, 0.25) is 0 Å². The first-order chi connectivity index (χ1) is 7.38. The Balaban J connectivity index is 2.00. The Morgan fingerprint density at radius 2 is 2.27 bits per heavy atom. The highest BCUT2D eigenvalue weighted by atomic mass is 14.6. The van der Waals surface area contributed by atoms with Crippen molar-refractivity contribution in [3.8, 4) is 0 Å². The van der Waals surface area contributed by atoms with E-state index in [0.717, 1.165) is 17.4 Å². The Kier molecular flexibility index (Phi) is 1.98. The van der Waals surface area contributed by atoms with Crippen molar-refractivity contribution in [2.45, 2.75) is 25.7 Å². The second kappa shape index (κ2) is 3.34. The molecular formula is C14H15N. The maximum absolute atomic E-state index is 4.34. The smallest absolute Gasteiger partial charge is 0.0702 e. The summed E-state index contributed by atoms with van der Waals surface area (Å²) in [7, 11) is 0. The van der Waals surface area contributed by atoms with Gasteiger partial charge in [-0.2, -0.15) is 0 Å².